The molecule has 0 unspecified atom stereocenters. The van der Waals surface area contributed by atoms with Crippen molar-refractivity contribution in [3.63, 3.8) is 0 Å². The Kier molecular flexibility index (Phi) is 10.5. The van der Waals surface area contributed by atoms with E-state index in [1.54, 1.807) is 6.20 Å². The van der Waals surface area contributed by atoms with Gasteiger partial charge in [0, 0.05) is 43.3 Å². The van der Waals surface area contributed by atoms with Gasteiger partial charge in [-0.25, -0.2) is 0 Å². The van der Waals surface area contributed by atoms with Crippen molar-refractivity contribution >= 4 is 35.1 Å². The number of aromatic nitrogens is 3. The Morgan fingerprint density at radius 1 is 0.674 bits per heavy atom. The van der Waals surface area contributed by atoms with Gasteiger partial charge in [0.05, 0.1) is 19.1 Å². The molecule has 0 spiro atoms. The third-order valence-electron chi connectivity index (χ3n) is 7.98. The minimum absolute atomic E-state index is 0. The molecule has 0 N–H and O–H groups in total. The molecule has 0 saturated carbocycles. The van der Waals surface area contributed by atoms with Crippen LogP contribution < -0.4 is 5.19 Å². The van der Waals surface area contributed by atoms with E-state index in [9.17, 15) is 0 Å². The number of benzene rings is 4. The summed E-state index contributed by atoms with van der Waals surface area (Å²) in [6.45, 7) is 11.8. The fraction of sp³-hybridized carbons (Fsp3) is 0.171. The van der Waals surface area contributed by atoms with Crippen LogP contribution in [-0.2, 0) is 26.5 Å². The van der Waals surface area contributed by atoms with Crippen molar-refractivity contribution in [3.8, 4) is 28.2 Å². The second kappa shape index (κ2) is 14.5. The number of fused-ring (bicyclic) bond motifs is 3. The second-order valence-corrected chi connectivity index (χ2v) is 17.9. The van der Waals surface area contributed by atoms with Crippen molar-refractivity contribution < 1.29 is 20.1 Å². The Morgan fingerprint density at radius 2 is 1.33 bits per heavy atom. The maximum Gasteiger partial charge on any atom is 0.0798 e. The molecule has 0 aliphatic rings. The summed E-state index contributed by atoms with van der Waals surface area (Å²) in [6, 6.07) is 46.3. The van der Waals surface area contributed by atoms with Gasteiger partial charge in [0.25, 0.3) is 0 Å². The molecule has 0 bridgehead atoms. The second-order valence-electron chi connectivity index (χ2n) is 12.9. The van der Waals surface area contributed by atoms with Gasteiger partial charge in [-0.3, -0.25) is 0 Å². The van der Waals surface area contributed by atoms with Gasteiger partial charge in [-0.05, 0) is 52.8 Å². The van der Waals surface area contributed by atoms with E-state index in [2.05, 4.69) is 128 Å². The Morgan fingerprint density at radius 3 is 1.93 bits per heavy atom. The van der Waals surface area contributed by atoms with E-state index in [1.165, 1.54) is 32.6 Å². The molecule has 7 aromatic rings. The van der Waals surface area contributed by atoms with Crippen molar-refractivity contribution in [1.29, 1.82) is 0 Å². The summed E-state index contributed by atoms with van der Waals surface area (Å²) in [5.41, 5.74) is 9.09. The molecule has 0 atom stereocenters. The van der Waals surface area contributed by atoms with Crippen LogP contribution in [0.2, 0.25) is 19.6 Å². The fourth-order valence-electron chi connectivity index (χ4n) is 5.95. The molecule has 0 aliphatic heterocycles. The predicted molar refractivity (Wildman–Crippen MR) is 193 cm³/mol. The fourth-order valence-corrected chi connectivity index (χ4v) is 7.53. The van der Waals surface area contributed by atoms with Crippen molar-refractivity contribution in [2.24, 2.45) is 5.92 Å². The van der Waals surface area contributed by atoms with E-state index in [-0.39, 0.29) is 20.1 Å². The summed E-state index contributed by atoms with van der Waals surface area (Å²) in [6.07, 6.45) is 5.01. The summed E-state index contributed by atoms with van der Waals surface area (Å²) in [7, 11) is -1.46. The summed E-state index contributed by atoms with van der Waals surface area (Å²) < 4.78 is 2.35. The van der Waals surface area contributed by atoms with Gasteiger partial charge in [-0.15, -0.1) is 65.7 Å². The molecule has 3 aromatic heterocycles. The zero-order valence-corrected chi connectivity index (χ0v) is 30.5. The molecule has 46 heavy (non-hydrogen) atoms. The van der Waals surface area contributed by atoms with Gasteiger partial charge in [-0.1, -0.05) is 93.6 Å². The molecular formula is C41H39IrN3Si-2. The Balaban J connectivity index is 0.000000269. The van der Waals surface area contributed by atoms with Crippen molar-refractivity contribution in [2.75, 3.05) is 0 Å². The zero-order chi connectivity index (χ0) is 31.4. The minimum atomic E-state index is -1.46. The van der Waals surface area contributed by atoms with E-state index in [4.69, 9.17) is 4.98 Å². The van der Waals surface area contributed by atoms with Crippen LogP contribution in [-0.4, -0.2) is 22.6 Å². The Labute approximate surface area is 287 Å². The molecule has 0 saturated heterocycles. The van der Waals surface area contributed by atoms with Crippen LogP contribution in [0.3, 0.4) is 0 Å². The van der Waals surface area contributed by atoms with Gasteiger partial charge < -0.3 is 14.5 Å². The van der Waals surface area contributed by atoms with Crippen LogP contribution in [0.4, 0.5) is 0 Å². The van der Waals surface area contributed by atoms with Crippen molar-refractivity contribution in [2.45, 2.75) is 39.9 Å². The quantitative estimate of drug-likeness (QED) is 0.124. The summed E-state index contributed by atoms with van der Waals surface area (Å²) in [5, 5.41) is 4.03. The molecule has 3 nitrogen and oxygen atoms in total. The van der Waals surface area contributed by atoms with Gasteiger partial charge in [0.15, 0.2) is 0 Å². The maximum absolute atomic E-state index is 4.92. The average molecular weight is 794 g/mol. The van der Waals surface area contributed by atoms with E-state index in [1.807, 2.05) is 48.5 Å². The van der Waals surface area contributed by atoms with E-state index in [0.29, 0.717) is 5.92 Å². The van der Waals surface area contributed by atoms with Crippen LogP contribution in [0.25, 0.3) is 50.0 Å². The van der Waals surface area contributed by atoms with Crippen LogP contribution in [0.5, 0.6) is 0 Å². The van der Waals surface area contributed by atoms with E-state index in [0.717, 1.165) is 34.6 Å². The molecule has 0 aliphatic carbocycles. The van der Waals surface area contributed by atoms with Gasteiger partial charge in [0.2, 0.25) is 0 Å². The first-order valence-corrected chi connectivity index (χ1v) is 19.2. The summed E-state index contributed by atoms with van der Waals surface area (Å²) >= 11 is 0. The zero-order valence-electron chi connectivity index (χ0n) is 27.1. The molecule has 0 amide bonds. The third kappa shape index (κ3) is 7.29. The normalized spacial score (nSPS) is 11.3. The minimum Gasteiger partial charge on any atom is -0.327 e. The topological polar surface area (TPSA) is 30.7 Å². The number of hydrogen-bond acceptors (Lipinski definition) is 2. The smallest absolute Gasteiger partial charge is 0.0798 e. The first kappa shape index (κ1) is 33.2. The van der Waals surface area contributed by atoms with Crippen LogP contribution >= 0.6 is 0 Å². The maximum atomic E-state index is 4.92. The van der Waals surface area contributed by atoms with Gasteiger partial charge in [0.1, 0.15) is 0 Å². The van der Waals surface area contributed by atoms with Crippen LogP contribution in [0.15, 0.2) is 128 Å². The first-order chi connectivity index (χ1) is 21.8. The number of pyridine rings is 2. The molecule has 7 rings (SSSR count). The summed E-state index contributed by atoms with van der Waals surface area (Å²) in [5.74, 6) is 0.614. The number of nitrogens with zero attached hydrogens (tertiary/aromatic N) is 3. The van der Waals surface area contributed by atoms with Crippen molar-refractivity contribution in [3.05, 3.63) is 145 Å². The Hall–Kier alpha value is -4.15. The molecule has 3 heterocycles. The molecule has 233 valence electrons. The Bertz CT molecular complexity index is 1950. The van der Waals surface area contributed by atoms with Gasteiger partial charge >= 0.3 is 0 Å². The predicted octanol–water partition coefficient (Wildman–Crippen LogP) is 9.94. The third-order valence-corrected chi connectivity index (χ3v) is 10.0. The monoisotopic (exact) mass is 794 g/mol. The van der Waals surface area contributed by atoms with E-state index >= 15 is 0 Å². The van der Waals surface area contributed by atoms with E-state index < -0.39 is 8.07 Å². The molecule has 1 radical (unpaired) electrons. The molecule has 0 fully saturated rings. The largest absolute Gasteiger partial charge is 0.327 e. The first-order valence-electron chi connectivity index (χ1n) is 15.7. The van der Waals surface area contributed by atoms with Crippen LogP contribution in [0, 0.1) is 18.1 Å². The van der Waals surface area contributed by atoms with Gasteiger partial charge in [-0.2, -0.15) is 0 Å². The molecule has 4 aromatic carbocycles. The standard InChI is InChI=1S/C30H31N2Si.C11H8N.Ir/c1-21(2)17-23-19-27(31-20-30(23)33(3,4)5)22-11-10-12-24(18-22)32-28-15-8-6-13-25(28)26-14-7-9-16-29(26)32;1-2-6-10(7-3-1)11-8-4-5-9-12-11;/h6-10,12-16,18-21H,17H2,1-5H3;1-6,8-9H;/q2*-1;. The SMILES string of the molecule is CC(C)Cc1cc(-c2[c-]ccc(-n3c4ccccc4c4ccccc43)c2)ncc1[Si](C)(C)C.[Ir].[c-]1ccccc1-c1ccccn1. The molecular weight excluding hydrogens is 755 g/mol. The number of hydrogen-bond donors (Lipinski definition) is 0. The molecule has 5 heteroatoms. The van der Waals surface area contributed by atoms with Crippen LogP contribution in [0.1, 0.15) is 19.4 Å². The number of para-hydroxylation sites is 2. The average Bonchev–Trinajstić information content (AvgIpc) is 3.40. The van der Waals surface area contributed by atoms with Crippen molar-refractivity contribution in [1.82, 2.24) is 14.5 Å². The number of rotatable bonds is 6. The summed E-state index contributed by atoms with van der Waals surface area (Å²) in [4.78, 5) is 9.14.